The maximum absolute atomic E-state index is 11.3. The van der Waals surface area contributed by atoms with Crippen molar-refractivity contribution in [1.82, 2.24) is 10.6 Å². The van der Waals surface area contributed by atoms with Gasteiger partial charge in [0.05, 0.1) is 5.54 Å². The Bertz CT molecular complexity index is 402. The number of hydrogen-bond acceptors (Lipinski definition) is 2. The first-order valence-corrected chi connectivity index (χ1v) is 4.78. The summed E-state index contributed by atoms with van der Waals surface area (Å²) in [4.78, 5) is 22.2. The van der Waals surface area contributed by atoms with E-state index in [-0.39, 0.29) is 0 Å². The Balaban J connectivity index is 2.29. The highest BCUT2D eigenvalue weighted by atomic mass is 16.2. The van der Waals surface area contributed by atoms with Crippen molar-refractivity contribution in [2.24, 2.45) is 0 Å². The predicted octanol–water partition coefficient (Wildman–Crippen LogP) is 0.148. The molecule has 78 valence electrons. The number of piperazine rings is 1. The predicted molar refractivity (Wildman–Crippen MR) is 54.9 cm³/mol. The van der Waals surface area contributed by atoms with E-state index in [1.807, 2.05) is 37.3 Å². The van der Waals surface area contributed by atoms with Crippen LogP contribution in [0, 0.1) is 0 Å². The summed E-state index contributed by atoms with van der Waals surface area (Å²) in [7, 11) is 0. The molecule has 0 aromatic heterocycles. The Hall–Kier alpha value is -1.84. The van der Waals surface area contributed by atoms with Gasteiger partial charge in [-0.2, -0.15) is 0 Å². The van der Waals surface area contributed by atoms with Gasteiger partial charge >= 0.3 is 11.8 Å². The fourth-order valence-electron chi connectivity index (χ4n) is 1.67. The van der Waals surface area contributed by atoms with Crippen LogP contribution in [0.3, 0.4) is 0 Å². The quantitative estimate of drug-likeness (QED) is 0.640. The van der Waals surface area contributed by atoms with Crippen molar-refractivity contribution in [3.63, 3.8) is 0 Å². The second-order valence-electron chi connectivity index (χ2n) is 3.83. The molecule has 0 spiro atoms. The maximum Gasteiger partial charge on any atom is 0.310 e. The molecule has 1 aromatic carbocycles. The van der Waals surface area contributed by atoms with Crippen LogP contribution < -0.4 is 10.6 Å². The molecule has 2 N–H and O–H groups in total. The second-order valence-corrected chi connectivity index (χ2v) is 3.83. The molecule has 1 unspecified atom stereocenters. The highest BCUT2D eigenvalue weighted by molar-refractivity contribution is 6.35. The van der Waals surface area contributed by atoms with E-state index in [0.717, 1.165) is 5.56 Å². The molecular weight excluding hydrogens is 192 g/mol. The number of carbonyl (C=O) groups excluding carboxylic acids is 2. The summed E-state index contributed by atoms with van der Waals surface area (Å²) in [5, 5.41) is 5.28. The van der Waals surface area contributed by atoms with Crippen LogP contribution in [-0.4, -0.2) is 18.4 Å². The first-order chi connectivity index (χ1) is 7.12. The lowest BCUT2D eigenvalue weighted by atomic mass is 9.90. The third-order valence-corrected chi connectivity index (χ3v) is 2.61. The van der Waals surface area contributed by atoms with Crippen LogP contribution >= 0.6 is 0 Å². The van der Waals surface area contributed by atoms with E-state index < -0.39 is 17.4 Å². The van der Waals surface area contributed by atoms with Crippen LogP contribution in [-0.2, 0) is 15.1 Å². The molecule has 0 radical (unpaired) electrons. The van der Waals surface area contributed by atoms with Crippen molar-refractivity contribution in [2.75, 3.05) is 6.54 Å². The van der Waals surface area contributed by atoms with Crippen LogP contribution in [0.2, 0.25) is 0 Å². The Morgan fingerprint density at radius 2 is 1.80 bits per heavy atom. The van der Waals surface area contributed by atoms with Crippen LogP contribution in [0.25, 0.3) is 0 Å². The van der Waals surface area contributed by atoms with Gasteiger partial charge in [0, 0.05) is 6.54 Å². The lowest BCUT2D eigenvalue weighted by molar-refractivity contribution is -0.142. The van der Waals surface area contributed by atoms with Crippen molar-refractivity contribution in [1.29, 1.82) is 0 Å². The minimum Gasteiger partial charge on any atom is -0.345 e. The molecule has 2 rings (SSSR count). The van der Waals surface area contributed by atoms with E-state index in [2.05, 4.69) is 10.6 Å². The van der Waals surface area contributed by atoms with Crippen LogP contribution in [0.4, 0.5) is 0 Å². The van der Waals surface area contributed by atoms with E-state index in [1.165, 1.54) is 0 Å². The summed E-state index contributed by atoms with van der Waals surface area (Å²) in [5.41, 5.74) is 0.477. The maximum atomic E-state index is 11.3. The van der Waals surface area contributed by atoms with Crippen molar-refractivity contribution in [3.8, 4) is 0 Å². The topological polar surface area (TPSA) is 58.2 Å². The first kappa shape index (κ1) is 9.71. The zero-order valence-corrected chi connectivity index (χ0v) is 8.41. The highest BCUT2D eigenvalue weighted by Gasteiger charge is 2.35. The summed E-state index contributed by atoms with van der Waals surface area (Å²) in [6, 6.07) is 9.58. The van der Waals surface area contributed by atoms with Crippen molar-refractivity contribution in [3.05, 3.63) is 35.9 Å². The number of carbonyl (C=O) groups is 2. The largest absolute Gasteiger partial charge is 0.345 e. The smallest absolute Gasteiger partial charge is 0.310 e. The van der Waals surface area contributed by atoms with Crippen molar-refractivity contribution < 1.29 is 9.59 Å². The van der Waals surface area contributed by atoms with E-state index in [0.29, 0.717) is 6.54 Å². The Kier molecular flexibility index (Phi) is 2.19. The molecule has 1 heterocycles. The third kappa shape index (κ3) is 1.70. The van der Waals surface area contributed by atoms with Gasteiger partial charge in [0.25, 0.3) is 0 Å². The SMILES string of the molecule is CC1(c2ccccc2)CNC(=O)C(=O)N1. The fourth-order valence-corrected chi connectivity index (χ4v) is 1.67. The standard InChI is InChI=1S/C11H12N2O2/c1-11(8-5-3-2-4-6-8)7-12-9(14)10(15)13-11/h2-6H,7H2,1H3,(H,12,14)(H,13,15). The van der Waals surface area contributed by atoms with E-state index in [1.54, 1.807) is 0 Å². The van der Waals surface area contributed by atoms with Crippen molar-refractivity contribution >= 4 is 11.8 Å². The summed E-state index contributed by atoms with van der Waals surface area (Å²) in [6.45, 7) is 2.31. The fraction of sp³-hybridized carbons (Fsp3) is 0.273. The number of amides is 2. The van der Waals surface area contributed by atoms with Gasteiger partial charge < -0.3 is 10.6 Å². The van der Waals surface area contributed by atoms with Gasteiger partial charge in [0.2, 0.25) is 0 Å². The van der Waals surface area contributed by atoms with Gasteiger partial charge in [0.1, 0.15) is 0 Å². The monoisotopic (exact) mass is 204 g/mol. The third-order valence-electron chi connectivity index (χ3n) is 2.61. The lowest BCUT2D eigenvalue weighted by Crippen LogP contribution is -2.60. The molecule has 1 saturated heterocycles. The molecule has 1 aliphatic heterocycles. The van der Waals surface area contributed by atoms with Gasteiger partial charge in [-0.1, -0.05) is 30.3 Å². The number of rotatable bonds is 1. The summed E-state index contributed by atoms with van der Waals surface area (Å²) in [6.07, 6.45) is 0. The Morgan fingerprint density at radius 1 is 1.13 bits per heavy atom. The Morgan fingerprint density at radius 3 is 2.40 bits per heavy atom. The molecule has 1 fully saturated rings. The molecule has 1 aliphatic rings. The molecule has 0 saturated carbocycles. The van der Waals surface area contributed by atoms with E-state index in [9.17, 15) is 9.59 Å². The average Bonchev–Trinajstić information content (AvgIpc) is 2.26. The number of hydrogen-bond donors (Lipinski definition) is 2. The van der Waals surface area contributed by atoms with Gasteiger partial charge in [-0.25, -0.2) is 0 Å². The minimum absolute atomic E-state index is 0.418. The molecule has 1 aromatic rings. The Labute approximate surface area is 87.7 Å². The minimum atomic E-state index is -0.576. The molecule has 4 nitrogen and oxygen atoms in total. The molecule has 4 heteroatoms. The van der Waals surface area contributed by atoms with Crippen molar-refractivity contribution in [2.45, 2.75) is 12.5 Å². The van der Waals surface area contributed by atoms with Gasteiger partial charge in [-0.3, -0.25) is 9.59 Å². The van der Waals surface area contributed by atoms with Gasteiger partial charge in [0.15, 0.2) is 0 Å². The van der Waals surface area contributed by atoms with Crippen LogP contribution in [0.5, 0.6) is 0 Å². The zero-order chi connectivity index (χ0) is 10.9. The van der Waals surface area contributed by atoms with Gasteiger partial charge in [-0.05, 0) is 12.5 Å². The lowest BCUT2D eigenvalue weighted by Gasteiger charge is -2.34. The first-order valence-electron chi connectivity index (χ1n) is 4.78. The number of nitrogens with one attached hydrogen (secondary N) is 2. The zero-order valence-electron chi connectivity index (χ0n) is 8.41. The van der Waals surface area contributed by atoms with E-state index in [4.69, 9.17) is 0 Å². The van der Waals surface area contributed by atoms with Gasteiger partial charge in [-0.15, -0.1) is 0 Å². The van der Waals surface area contributed by atoms with Crippen LogP contribution in [0.1, 0.15) is 12.5 Å². The molecule has 2 amide bonds. The number of benzene rings is 1. The molecular formula is C11H12N2O2. The summed E-state index contributed by atoms with van der Waals surface area (Å²) >= 11 is 0. The average molecular weight is 204 g/mol. The highest BCUT2D eigenvalue weighted by Crippen LogP contribution is 2.21. The molecule has 0 bridgehead atoms. The van der Waals surface area contributed by atoms with Crippen LogP contribution in [0.15, 0.2) is 30.3 Å². The molecule has 1 atom stereocenters. The summed E-state index contributed by atoms with van der Waals surface area (Å²) in [5.74, 6) is -1.14. The second kappa shape index (κ2) is 3.38. The molecule has 0 aliphatic carbocycles. The normalized spacial score (nSPS) is 25.7. The summed E-state index contributed by atoms with van der Waals surface area (Å²) < 4.78 is 0. The molecule has 15 heavy (non-hydrogen) atoms. The van der Waals surface area contributed by atoms with E-state index >= 15 is 0 Å².